The summed E-state index contributed by atoms with van der Waals surface area (Å²) in [4.78, 5) is 11.6. The number of aromatic nitrogens is 2. The van der Waals surface area contributed by atoms with Gasteiger partial charge in [0.05, 0.1) is 11.2 Å². The first kappa shape index (κ1) is 13.7. The van der Waals surface area contributed by atoms with E-state index in [1.165, 1.54) is 37.3 Å². The van der Waals surface area contributed by atoms with Gasteiger partial charge in [0.2, 0.25) is 0 Å². The molecule has 20 heavy (non-hydrogen) atoms. The summed E-state index contributed by atoms with van der Waals surface area (Å²) in [6, 6.07) is 6.35. The molecular weight excluding hydrogens is 266 g/mol. The van der Waals surface area contributed by atoms with Gasteiger partial charge in [0.1, 0.15) is 0 Å². The molecular formula is C16H21N3S. The van der Waals surface area contributed by atoms with Crippen LogP contribution in [0.1, 0.15) is 29.9 Å². The van der Waals surface area contributed by atoms with Gasteiger partial charge in [0, 0.05) is 29.9 Å². The molecule has 2 aromatic heterocycles. The summed E-state index contributed by atoms with van der Waals surface area (Å²) < 4.78 is 0. The maximum absolute atomic E-state index is 4.64. The monoisotopic (exact) mass is 287 g/mol. The molecule has 1 aliphatic rings. The van der Waals surface area contributed by atoms with E-state index in [1.807, 2.05) is 5.51 Å². The highest BCUT2D eigenvalue weighted by Crippen LogP contribution is 2.21. The first-order chi connectivity index (χ1) is 9.79. The number of hydrogen-bond donors (Lipinski definition) is 0. The number of nitrogens with zero attached hydrogens (tertiary/aromatic N) is 3. The number of piperidine rings is 1. The lowest BCUT2D eigenvalue weighted by atomic mass is 9.93. The fraction of sp³-hybridized carbons (Fsp3) is 0.500. The van der Waals surface area contributed by atoms with Crippen molar-refractivity contribution in [1.29, 1.82) is 0 Å². The van der Waals surface area contributed by atoms with E-state index in [-0.39, 0.29) is 0 Å². The van der Waals surface area contributed by atoms with Crippen molar-refractivity contribution in [3.8, 4) is 0 Å². The Morgan fingerprint density at radius 3 is 3.10 bits per heavy atom. The molecule has 0 amide bonds. The topological polar surface area (TPSA) is 29.0 Å². The third-order valence-corrected chi connectivity index (χ3v) is 4.55. The van der Waals surface area contributed by atoms with Crippen molar-refractivity contribution in [2.45, 2.75) is 32.7 Å². The Balaban J connectivity index is 1.57. The Morgan fingerprint density at radius 1 is 1.35 bits per heavy atom. The largest absolute Gasteiger partial charge is 0.297 e. The van der Waals surface area contributed by atoms with Crippen molar-refractivity contribution in [1.82, 2.24) is 14.9 Å². The summed E-state index contributed by atoms with van der Waals surface area (Å²) in [6.07, 6.45) is 3.72. The summed E-state index contributed by atoms with van der Waals surface area (Å²) in [7, 11) is 0. The Bertz CT molecular complexity index is 538. The quantitative estimate of drug-likeness (QED) is 0.864. The SMILES string of the molecule is Cc1cccc(CC2CCCN(Cc3cscn3)C2)n1. The zero-order chi connectivity index (χ0) is 13.8. The molecule has 0 aliphatic carbocycles. The predicted molar refractivity (Wildman–Crippen MR) is 82.8 cm³/mol. The highest BCUT2D eigenvalue weighted by molar-refractivity contribution is 7.07. The predicted octanol–water partition coefficient (Wildman–Crippen LogP) is 3.30. The van der Waals surface area contributed by atoms with Crippen LogP contribution in [-0.4, -0.2) is 28.0 Å². The lowest BCUT2D eigenvalue weighted by molar-refractivity contribution is 0.165. The van der Waals surface area contributed by atoms with Gasteiger partial charge in [0.25, 0.3) is 0 Å². The third-order valence-electron chi connectivity index (χ3n) is 3.92. The lowest BCUT2D eigenvalue weighted by Gasteiger charge is -2.32. The summed E-state index contributed by atoms with van der Waals surface area (Å²) >= 11 is 1.69. The first-order valence-corrected chi connectivity index (χ1v) is 8.26. The minimum Gasteiger partial charge on any atom is -0.297 e. The van der Waals surface area contributed by atoms with E-state index in [0.717, 1.165) is 24.6 Å². The van der Waals surface area contributed by atoms with E-state index in [0.29, 0.717) is 0 Å². The van der Waals surface area contributed by atoms with E-state index in [9.17, 15) is 0 Å². The van der Waals surface area contributed by atoms with Gasteiger partial charge >= 0.3 is 0 Å². The Morgan fingerprint density at radius 2 is 2.30 bits per heavy atom. The number of thiazole rings is 1. The second-order valence-corrected chi connectivity index (χ2v) is 6.42. The van der Waals surface area contributed by atoms with Gasteiger partial charge in [-0.05, 0) is 50.8 Å². The van der Waals surface area contributed by atoms with E-state index in [4.69, 9.17) is 0 Å². The molecule has 3 heterocycles. The van der Waals surface area contributed by atoms with Gasteiger partial charge in [-0.15, -0.1) is 11.3 Å². The van der Waals surface area contributed by atoms with Crippen LogP contribution in [0.4, 0.5) is 0 Å². The lowest BCUT2D eigenvalue weighted by Crippen LogP contribution is -2.35. The van der Waals surface area contributed by atoms with Crippen LogP contribution < -0.4 is 0 Å². The highest BCUT2D eigenvalue weighted by atomic mass is 32.1. The van der Waals surface area contributed by atoms with Crippen molar-refractivity contribution in [2.75, 3.05) is 13.1 Å². The first-order valence-electron chi connectivity index (χ1n) is 7.31. The Labute approximate surface area is 124 Å². The van der Waals surface area contributed by atoms with Crippen LogP contribution in [0.3, 0.4) is 0 Å². The minimum absolute atomic E-state index is 0.733. The molecule has 106 valence electrons. The number of hydrogen-bond acceptors (Lipinski definition) is 4. The molecule has 0 radical (unpaired) electrons. The molecule has 1 aliphatic heterocycles. The van der Waals surface area contributed by atoms with Gasteiger partial charge in [-0.3, -0.25) is 9.88 Å². The van der Waals surface area contributed by atoms with Gasteiger partial charge < -0.3 is 0 Å². The molecule has 4 heteroatoms. The third kappa shape index (κ3) is 3.64. The summed E-state index contributed by atoms with van der Waals surface area (Å²) in [6.45, 7) is 5.45. The van der Waals surface area contributed by atoms with Crippen LogP contribution in [0.25, 0.3) is 0 Å². The van der Waals surface area contributed by atoms with E-state index in [1.54, 1.807) is 11.3 Å². The normalized spacial score (nSPS) is 20.1. The number of likely N-dealkylation sites (tertiary alicyclic amines) is 1. The molecule has 1 atom stereocenters. The van der Waals surface area contributed by atoms with Crippen LogP contribution in [-0.2, 0) is 13.0 Å². The minimum atomic E-state index is 0.733. The van der Waals surface area contributed by atoms with Crippen LogP contribution in [0, 0.1) is 12.8 Å². The van der Waals surface area contributed by atoms with E-state index in [2.05, 4.69) is 45.4 Å². The molecule has 0 aromatic carbocycles. The van der Waals surface area contributed by atoms with Crippen molar-refractivity contribution >= 4 is 11.3 Å². The number of pyridine rings is 1. The molecule has 3 rings (SSSR count). The van der Waals surface area contributed by atoms with Gasteiger partial charge in [0.15, 0.2) is 0 Å². The number of rotatable bonds is 4. The molecule has 3 nitrogen and oxygen atoms in total. The summed E-state index contributed by atoms with van der Waals surface area (Å²) in [5, 5.41) is 2.16. The fourth-order valence-corrected chi connectivity index (χ4v) is 3.56. The average molecular weight is 287 g/mol. The molecule has 1 saturated heterocycles. The van der Waals surface area contributed by atoms with Gasteiger partial charge in [-0.25, -0.2) is 4.98 Å². The molecule has 0 spiro atoms. The smallest absolute Gasteiger partial charge is 0.0795 e. The van der Waals surface area contributed by atoms with Crippen LogP contribution in [0.2, 0.25) is 0 Å². The van der Waals surface area contributed by atoms with Crippen molar-refractivity contribution in [3.05, 3.63) is 46.2 Å². The van der Waals surface area contributed by atoms with Gasteiger partial charge in [-0.2, -0.15) is 0 Å². The van der Waals surface area contributed by atoms with Crippen LogP contribution >= 0.6 is 11.3 Å². The van der Waals surface area contributed by atoms with Gasteiger partial charge in [-0.1, -0.05) is 6.07 Å². The molecule has 0 N–H and O–H groups in total. The second-order valence-electron chi connectivity index (χ2n) is 5.70. The number of aryl methyl sites for hydroxylation is 1. The zero-order valence-electron chi connectivity index (χ0n) is 12.0. The molecule has 1 unspecified atom stereocenters. The summed E-state index contributed by atoms with van der Waals surface area (Å²) in [5.74, 6) is 0.733. The summed E-state index contributed by atoms with van der Waals surface area (Å²) in [5.41, 5.74) is 5.50. The fourth-order valence-electron chi connectivity index (χ4n) is 3.02. The van der Waals surface area contributed by atoms with E-state index >= 15 is 0 Å². The average Bonchev–Trinajstić information content (AvgIpc) is 2.92. The Hall–Kier alpha value is -1.26. The van der Waals surface area contributed by atoms with Crippen LogP contribution in [0.15, 0.2) is 29.1 Å². The maximum Gasteiger partial charge on any atom is 0.0795 e. The highest BCUT2D eigenvalue weighted by Gasteiger charge is 2.21. The van der Waals surface area contributed by atoms with Crippen molar-refractivity contribution < 1.29 is 0 Å². The second kappa shape index (κ2) is 6.46. The molecule has 0 saturated carbocycles. The van der Waals surface area contributed by atoms with Crippen LogP contribution in [0.5, 0.6) is 0 Å². The van der Waals surface area contributed by atoms with Crippen molar-refractivity contribution in [3.63, 3.8) is 0 Å². The maximum atomic E-state index is 4.64. The van der Waals surface area contributed by atoms with E-state index < -0.39 is 0 Å². The molecule has 1 fully saturated rings. The zero-order valence-corrected chi connectivity index (χ0v) is 12.8. The standard InChI is InChI=1S/C16H21N3S/c1-13-4-2-6-15(18-13)8-14-5-3-7-19(9-14)10-16-11-20-12-17-16/h2,4,6,11-12,14H,3,5,7-10H2,1H3. The van der Waals surface area contributed by atoms with Crippen molar-refractivity contribution in [2.24, 2.45) is 5.92 Å². The molecule has 0 bridgehead atoms. The Kier molecular flexibility index (Phi) is 4.43. The molecule has 2 aromatic rings.